The fraction of sp³-hybridized carbons (Fsp3) is 0. The molecule has 0 amide bonds. The summed E-state index contributed by atoms with van der Waals surface area (Å²) in [7, 11) is -5.39. The molecule has 0 rings (SSSR count). The molecule has 0 aliphatic carbocycles. The molecule has 0 aromatic rings. The average molecular weight is 532 g/mol. The summed E-state index contributed by atoms with van der Waals surface area (Å²) in [5, 5.41) is 29.1. The maximum absolute atomic E-state index is 10.6. The van der Waals surface area contributed by atoms with Gasteiger partial charge < -0.3 is 39.7 Å². The first-order valence-electron chi connectivity index (χ1n) is 5.01. The van der Waals surface area contributed by atoms with Crippen LogP contribution in [0.25, 0.3) is 0 Å². The molecule has 16 nitrogen and oxygen atoms in total. The Morgan fingerprint density at radius 1 is 0.469 bits per heavy atom. The Balaban J connectivity index is -0.0000000367. The van der Waals surface area contributed by atoms with Crippen molar-refractivity contribution in [3.8, 4) is 0 Å². The quantitative estimate of drug-likeness (QED) is 0.0859. The topological polar surface area (TPSA) is 304 Å². The molecule has 0 atom stereocenters. The van der Waals surface area contributed by atoms with Gasteiger partial charge in [-0.25, -0.2) is 38.4 Å². The molecule has 24 heteroatoms. The molecule has 4 N–H and O–H groups in total. The van der Waals surface area contributed by atoms with E-state index in [0.29, 0.717) is 0 Å². The van der Waals surface area contributed by atoms with Crippen LogP contribution < -0.4 is 103 Å². The van der Waals surface area contributed by atoms with Crippen LogP contribution in [-0.2, 0) is 42.9 Å². The summed E-state index contributed by atoms with van der Waals surface area (Å²) in [4.78, 5) is 97.1. The summed E-state index contributed by atoms with van der Waals surface area (Å²) in [6.45, 7) is 0. The molecule has 0 bridgehead atoms. The number of hydrogen-bond donors (Lipinski definition) is 4. The van der Waals surface area contributed by atoms with Crippen LogP contribution in [0.4, 0.5) is 17.6 Å². The number of rotatable bonds is 4. The average Bonchev–Trinajstić information content (AvgIpc) is 2.46. The van der Waals surface area contributed by atoms with Crippen LogP contribution in [0, 0.1) is 0 Å². The zero-order valence-electron chi connectivity index (χ0n) is 15.6. The standard InChI is InChI=1S/4C2HFO3.3Na.H3O4P/c4*3-1(4)2(5)6;;;;1-5(2,3)4/h4*(H,5,6);;;;(H3,1,2,3,4)/q;;;;3*+1;/p-3. The van der Waals surface area contributed by atoms with Crippen LogP contribution in [0.1, 0.15) is 0 Å². The van der Waals surface area contributed by atoms with Crippen molar-refractivity contribution in [1.29, 1.82) is 0 Å². The Hall–Kier alpha value is -0.610. The van der Waals surface area contributed by atoms with Gasteiger partial charge in [-0.3, -0.25) is 0 Å². The second-order valence-electron chi connectivity index (χ2n) is 2.76. The molecular weight excluding hydrogens is 528 g/mol. The maximum Gasteiger partial charge on any atom is 1.00 e. The molecule has 168 valence electrons. The van der Waals surface area contributed by atoms with Gasteiger partial charge in [-0.2, -0.15) is 25.4 Å². The molecule has 0 spiro atoms. The van der Waals surface area contributed by atoms with E-state index in [4.69, 9.17) is 78.0 Å². The molecule has 0 radical (unpaired) electrons. The van der Waals surface area contributed by atoms with Gasteiger partial charge in [0.25, 0.3) is 0 Å². The van der Waals surface area contributed by atoms with Gasteiger partial charge in [0, 0.05) is 0 Å². The molecule has 32 heavy (non-hydrogen) atoms. The minimum Gasteiger partial charge on any atom is -0.822 e. The first-order valence-corrected chi connectivity index (χ1v) is 6.47. The number of carbonyl (C=O) groups is 8. The Kier molecular flexibility index (Phi) is 50.3. The molecular formula is C8H4F4Na3O16P. The van der Waals surface area contributed by atoms with Crippen molar-refractivity contribution in [3.05, 3.63) is 0 Å². The van der Waals surface area contributed by atoms with Crippen molar-refractivity contribution in [2.45, 2.75) is 0 Å². The fourth-order valence-corrected chi connectivity index (χ4v) is 0. The fourth-order valence-electron chi connectivity index (χ4n) is 0. The number of aliphatic carboxylic acids is 4. The first kappa shape index (κ1) is 53.0. The summed E-state index contributed by atoms with van der Waals surface area (Å²) in [6, 6.07) is -9.30. The molecule has 0 aliphatic rings. The number of carboxylic acids is 4. The van der Waals surface area contributed by atoms with Crippen molar-refractivity contribution < 1.29 is 184 Å². The largest absolute Gasteiger partial charge is 1.00 e. The van der Waals surface area contributed by atoms with Crippen molar-refractivity contribution in [1.82, 2.24) is 0 Å². The van der Waals surface area contributed by atoms with Gasteiger partial charge >= 0.3 is 137 Å². The molecule has 0 unspecified atom stereocenters. The number of carboxylic acid groups (broad SMARTS) is 4. The van der Waals surface area contributed by atoms with E-state index in [-0.39, 0.29) is 88.7 Å². The summed E-state index contributed by atoms with van der Waals surface area (Å²) in [6.07, 6.45) is 0. The monoisotopic (exact) mass is 532 g/mol. The SMILES string of the molecule is O=C(O)C(=O)F.O=C(O)C(=O)F.O=C(O)C(=O)F.O=C(O)C(=O)F.O=P([O-])([O-])[O-].[Na+].[Na+].[Na+]. The number of hydrogen-bond acceptors (Lipinski definition) is 12. The molecule has 0 aromatic heterocycles. The number of carbonyl (C=O) groups excluding carboxylic acids is 4. The van der Waals surface area contributed by atoms with Crippen molar-refractivity contribution in [2.75, 3.05) is 0 Å². The van der Waals surface area contributed by atoms with Crippen molar-refractivity contribution in [2.24, 2.45) is 0 Å². The third-order valence-corrected chi connectivity index (χ3v) is 0.673. The minimum absolute atomic E-state index is 0. The van der Waals surface area contributed by atoms with E-state index in [1.165, 1.54) is 0 Å². The van der Waals surface area contributed by atoms with Crippen LogP contribution >= 0.6 is 7.82 Å². The van der Waals surface area contributed by atoms with Gasteiger partial charge in [0.15, 0.2) is 0 Å². The van der Waals surface area contributed by atoms with Gasteiger partial charge in [-0.1, -0.05) is 0 Å². The predicted molar refractivity (Wildman–Crippen MR) is 62.6 cm³/mol. The minimum atomic E-state index is -5.39. The summed E-state index contributed by atoms with van der Waals surface area (Å²) >= 11 is 0. The molecule has 0 saturated carbocycles. The molecule has 0 heterocycles. The Bertz CT molecular complexity index is 543. The van der Waals surface area contributed by atoms with Gasteiger partial charge in [0.05, 0.1) is 0 Å². The van der Waals surface area contributed by atoms with Crippen LogP contribution in [0.3, 0.4) is 0 Å². The normalized spacial score (nSPS) is 7.47. The second kappa shape index (κ2) is 30.4. The van der Waals surface area contributed by atoms with Crippen LogP contribution in [-0.4, -0.2) is 68.5 Å². The maximum atomic E-state index is 10.6. The summed E-state index contributed by atoms with van der Waals surface area (Å²) in [5.41, 5.74) is 0. The Labute approximate surface area is 238 Å². The summed E-state index contributed by atoms with van der Waals surface area (Å²) in [5.74, 6) is -8.19. The zero-order chi connectivity index (χ0) is 25.1. The van der Waals surface area contributed by atoms with E-state index < -0.39 is 55.8 Å². The van der Waals surface area contributed by atoms with Crippen molar-refractivity contribution >= 4 is 55.8 Å². The van der Waals surface area contributed by atoms with E-state index in [2.05, 4.69) is 0 Å². The Morgan fingerprint density at radius 2 is 0.500 bits per heavy atom. The van der Waals surface area contributed by atoms with Crippen LogP contribution in [0.15, 0.2) is 0 Å². The number of halogens is 4. The van der Waals surface area contributed by atoms with Gasteiger partial charge in [-0.05, 0) is 0 Å². The molecule has 0 saturated heterocycles. The third kappa shape index (κ3) is 100. The smallest absolute Gasteiger partial charge is 0.822 e. The van der Waals surface area contributed by atoms with E-state index in [0.717, 1.165) is 0 Å². The van der Waals surface area contributed by atoms with Gasteiger partial charge in [-0.15, -0.1) is 0 Å². The van der Waals surface area contributed by atoms with Gasteiger partial charge in [0.1, 0.15) is 0 Å². The van der Waals surface area contributed by atoms with E-state index >= 15 is 0 Å². The Morgan fingerprint density at radius 3 is 0.500 bits per heavy atom. The van der Waals surface area contributed by atoms with E-state index in [9.17, 15) is 17.6 Å². The molecule has 0 aromatic carbocycles. The predicted octanol–water partition coefficient (Wildman–Crippen LogP) is -13.5. The van der Waals surface area contributed by atoms with Crippen LogP contribution in [0.2, 0.25) is 0 Å². The van der Waals surface area contributed by atoms with Gasteiger partial charge in [0.2, 0.25) is 0 Å². The van der Waals surface area contributed by atoms with Crippen LogP contribution in [0.5, 0.6) is 0 Å². The second-order valence-corrected chi connectivity index (χ2v) is 3.66. The molecule has 0 fully saturated rings. The van der Waals surface area contributed by atoms with E-state index in [1.807, 2.05) is 0 Å². The third-order valence-electron chi connectivity index (χ3n) is 0.673. The first-order chi connectivity index (χ1) is 12.6. The summed E-state index contributed by atoms with van der Waals surface area (Å²) < 4.78 is 50.9. The molecule has 0 aliphatic heterocycles. The zero-order valence-corrected chi connectivity index (χ0v) is 22.5. The van der Waals surface area contributed by atoms with E-state index in [1.54, 1.807) is 0 Å². The van der Waals surface area contributed by atoms with Crippen molar-refractivity contribution in [3.63, 3.8) is 0 Å². The number of phosphoric acid groups is 1.